The van der Waals surface area contributed by atoms with E-state index in [9.17, 15) is 24.3 Å². The van der Waals surface area contributed by atoms with Gasteiger partial charge in [-0.1, -0.05) is 72.8 Å². The van der Waals surface area contributed by atoms with Crippen molar-refractivity contribution >= 4 is 40.2 Å². The van der Waals surface area contributed by atoms with Crippen molar-refractivity contribution in [3.8, 4) is 0 Å². The first-order chi connectivity index (χ1) is 25.3. The molecule has 274 valence electrons. The van der Waals surface area contributed by atoms with Gasteiger partial charge in [-0.3, -0.25) is 19.2 Å². The molecule has 0 unspecified atom stereocenters. The number of amides is 3. The number of fused-ring (bicyclic) bond motifs is 2. The number of benzene rings is 3. The third-order valence-corrected chi connectivity index (χ3v) is 10.5. The molecule has 2 bridgehead atoms. The van der Waals surface area contributed by atoms with Gasteiger partial charge in [0.1, 0.15) is 17.7 Å². The highest BCUT2D eigenvalue weighted by molar-refractivity contribution is 6.05. The number of hydrogen-bond acceptors (Lipinski definition) is 8. The first-order valence-corrected chi connectivity index (χ1v) is 17.9. The zero-order valence-electron chi connectivity index (χ0n) is 29.5. The van der Waals surface area contributed by atoms with Crippen LogP contribution in [0.3, 0.4) is 0 Å². The zero-order valence-corrected chi connectivity index (χ0v) is 29.5. The monoisotopic (exact) mass is 709 g/mol. The van der Waals surface area contributed by atoms with E-state index in [-0.39, 0.29) is 56.9 Å². The lowest BCUT2D eigenvalue weighted by Gasteiger charge is -2.37. The molecule has 11 heteroatoms. The van der Waals surface area contributed by atoms with Crippen molar-refractivity contribution < 1.29 is 38.5 Å². The van der Waals surface area contributed by atoms with Gasteiger partial charge in [-0.05, 0) is 54.2 Å². The number of carbonyl (C=O) groups is 4. The fraction of sp³-hybridized carbons (Fsp3) is 0.415. The second-order valence-electron chi connectivity index (χ2n) is 13.7. The van der Waals surface area contributed by atoms with E-state index >= 15 is 0 Å². The molecule has 0 saturated carbocycles. The molecule has 0 radical (unpaired) electrons. The molecule has 3 saturated heterocycles. The Labute approximate surface area is 304 Å². The number of carbonyl (C=O) groups excluding carboxylic acids is 4. The average Bonchev–Trinajstić information content (AvgIpc) is 3.81. The van der Waals surface area contributed by atoms with Crippen molar-refractivity contribution in [2.75, 3.05) is 38.3 Å². The highest BCUT2D eigenvalue weighted by atomic mass is 16.6. The molecule has 3 heterocycles. The van der Waals surface area contributed by atoms with Gasteiger partial charge in [-0.25, -0.2) is 0 Å². The number of esters is 1. The standard InChI is InChI=1S/C41H47N3O8/c1-4-6-17-33(46)42-31(26-50-3)36(28-14-8-7-9-15-28)51-40(49)34-32-20-21-41(52-32)35(34)38(47)44(23-12-24-45)37(41)39(48)43(22-5-2)30-19-18-27-13-10-11-16-29(27)25-30/h4-5,7-11,13-16,18-19,25,31-32,34-37,45H,1-2,6,12,17,20-24,26H2,3H3,(H,42,46)/t31-,32-,34+,35+,36-,37-,41+/m0/s1. The van der Waals surface area contributed by atoms with Crippen molar-refractivity contribution in [3.05, 3.63) is 104 Å². The van der Waals surface area contributed by atoms with Crippen LogP contribution in [-0.2, 0) is 33.4 Å². The van der Waals surface area contributed by atoms with E-state index in [4.69, 9.17) is 14.2 Å². The van der Waals surface area contributed by atoms with Crippen LogP contribution in [-0.4, -0.2) is 90.9 Å². The number of allylic oxidation sites excluding steroid dienone is 1. The third kappa shape index (κ3) is 7.00. The number of nitrogens with one attached hydrogen (secondary N) is 1. The van der Waals surface area contributed by atoms with Gasteiger partial charge in [-0.2, -0.15) is 0 Å². The number of likely N-dealkylation sites (tertiary alicyclic amines) is 1. The lowest BCUT2D eigenvalue weighted by atomic mass is 9.70. The molecule has 0 aliphatic carbocycles. The minimum Gasteiger partial charge on any atom is -0.455 e. The first kappa shape index (κ1) is 36.9. The van der Waals surface area contributed by atoms with Crippen molar-refractivity contribution in [3.63, 3.8) is 0 Å². The fourth-order valence-corrected chi connectivity index (χ4v) is 8.25. The number of methoxy groups -OCH3 is 1. The molecule has 1 spiro atoms. The SMILES string of the molecule is C=CCCC(=O)N[C@@H](COC)[C@@H](OC(=O)[C@@H]1[C@@H]2CC[C@]3(O2)[C@H](C(=O)N(CC=C)c2ccc4ccccc4c2)N(CCCO)C(=O)[C@@H]13)c1ccccc1. The Morgan fingerprint density at radius 3 is 2.54 bits per heavy atom. The van der Waals surface area contributed by atoms with Gasteiger partial charge in [0.15, 0.2) is 0 Å². The molecule has 3 fully saturated rings. The highest BCUT2D eigenvalue weighted by Crippen LogP contribution is 2.59. The first-order valence-electron chi connectivity index (χ1n) is 17.9. The quantitative estimate of drug-likeness (QED) is 0.155. The van der Waals surface area contributed by atoms with Crippen LogP contribution in [0.25, 0.3) is 10.8 Å². The predicted molar refractivity (Wildman–Crippen MR) is 196 cm³/mol. The van der Waals surface area contributed by atoms with Crippen LogP contribution >= 0.6 is 0 Å². The summed E-state index contributed by atoms with van der Waals surface area (Å²) in [7, 11) is 1.50. The second-order valence-corrected chi connectivity index (χ2v) is 13.7. The number of aliphatic hydroxyl groups excluding tert-OH is 1. The van der Waals surface area contributed by atoms with E-state index in [0.717, 1.165) is 10.8 Å². The molecule has 2 N–H and O–H groups in total. The maximum Gasteiger partial charge on any atom is 0.313 e. The summed E-state index contributed by atoms with van der Waals surface area (Å²) in [6, 6.07) is 20.9. The molecule has 3 amide bonds. The predicted octanol–water partition coefficient (Wildman–Crippen LogP) is 4.50. The Hall–Kier alpha value is -4.84. The lowest BCUT2D eigenvalue weighted by molar-refractivity contribution is -0.163. The van der Waals surface area contributed by atoms with Crippen molar-refractivity contribution in [1.29, 1.82) is 0 Å². The van der Waals surface area contributed by atoms with Gasteiger partial charge >= 0.3 is 5.97 Å². The summed E-state index contributed by atoms with van der Waals surface area (Å²) >= 11 is 0. The number of anilines is 1. The highest BCUT2D eigenvalue weighted by Gasteiger charge is 2.75. The summed E-state index contributed by atoms with van der Waals surface area (Å²) in [5.41, 5.74) is 0.0134. The minimum atomic E-state index is -1.28. The van der Waals surface area contributed by atoms with Crippen LogP contribution < -0.4 is 10.2 Å². The van der Waals surface area contributed by atoms with E-state index in [1.54, 1.807) is 17.1 Å². The van der Waals surface area contributed by atoms with E-state index in [1.165, 1.54) is 12.0 Å². The van der Waals surface area contributed by atoms with Crippen LogP contribution in [0.4, 0.5) is 5.69 Å². The molecule has 3 aliphatic heterocycles. The van der Waals surface area contributed by atoms with E-state index in [2.05, 4.69) is 18.5 Å². The zero-order chi connectivity index (χ0) is 36.8. The Bertz CT molecular complexity index is 1800. The number of nitrogens with zero attached hydrogens (tertiary/aromatic N) is 2. The second kappa shape index (κ2) is 16.2. The van der Waals surface area contributed by atoms with Crippen LogP contribution in [0.2, 0.25) is 0 Å². The van der Waals surface area contributed by atoms with Crippen LogP contribution in [0, 0.1) is 11.8 Å². The maximum absolute atomic E-state index is 14.9. The summed E-state index contributed by atoms with van der Waals surface area (Å²) in [6.45, 7) is 7.76. The summed E-state index contributed by atoms with van der Waals surface area (Å²) in [6.07, 6.45) is 3.49. The summed E-state index contributed by atoms with van der Waals surface area (Å²) < 4.78 is 18.4. The van der Waals surface area contributed by atoms with Gasteiger partial charge in [0.25, 0.3) is 5.91 Å². The van der Waals surface area contributed by atoms with Crippen molar-refractivity contribution in [2.45, 2.75) is 62.0 Å². The molecule has 3 aromatic rings. The van der Waals surface area contributed by atoms with E-state index in [1.807, 2.05) is 72.8 Å². The minimum absolute atomic E-state index is 0.0585. The molecule has 7 atom stereocenters. The molecular formula is C41H47N3O8. The largest absolute Gasteiger partial charge is 0.455 e. The van der Waals surface area contributed by atoms with Crippen LogP contribution in [0.15, 0.2) is 98.1 Å². The van der Waals surface area contributed by atoms with Crippen molar-refractivity contribution in [1.82, 2.24) is 10.2 Å². The Morgan fingerprint density at radius 1 is 1.08 bits per heavy atom. The molecule has 52 heavy (non-hydrogen) atoms. The fourth-order valence-electron chi connectivity index (χ4n) is 8.25. The number of hydrogen-bond donors (Lipinski definition) is 2. The summed E-state index contributed by atoms with van der Waals surface area (Å²) in [4.78, 5) is 59.8. The molecule has 3 aliphatic rings. The number of rotatable bonds is 17. The smallest absolute Gasteiger partial charge is 0.313 e. The molecular weight excluding hydrogens is 662 g/mol. The third-order valence-electron chi connectivity index (χ3n) is 10.5. The van der Waals surface area contributed by atoms with Crippen molar-refractivity contribution in [2.24, 2.45) is 11.8 Å². The average molecular weight is 710 g/mol. The maximum atomic E-state index is 14.9. The Kier molecular flexibility index (Phi) is 11.5. The van der Waals surface area contributed by atoms with E-state index in [0.29, 0.717) is 30.5 Å². The number of aliphatic hydroxyl groups is 1. The van der Waals surface area contributed by atoms with Gasteiger partial charge in [0.05, 0.1) is 30.6 Å². The summed E-state index contributed by atoms with van der Waals surface area (Å²) in [5.74, 6) is -3.59. The molecule has 0 aromatic heterocycles. The molecule has 3 aromatic carbocycles. The number of ether oxygens (including phenoxy) is 3. The lowest BCUT2D eigenvalue weighted by Crippen LogP contribution is -2.56. The Balaban J connectivity index is 1.33. The van der Waals surface area contributed by atoms with Crippen LogP contribution in [0.1, 0.15) is 43.8 Å². The van der Waals surface area contributed by atoms with E-state index < -0.39 is 47.7 Å². The van der Waals surface area contributed by atoms with Gasteiger partial charge in [0, 0.05) is 38.9 Å². The normalized spacial score (nSPS) is 24.3. The van der Waals surface area contributed by atoms with Gasteiger partial charge in [-0.15, -0.1) is 13.2 Å². The van der Waals surface area contributed by atoms with Crippen LogP contribution in [0.5, 0.6) is 0 Å². The van der Waals surface area contributed by atoms with Gasteiger partial charge in [0.2, 0.25) is 11.8 Å². The van der Waals surface area contributed by atoms with Gasteiger partial charge < -0.3 is 34.4 Å². The topological polar surface area (TPSA) is 135 Å². The summed E-state index contributed by atoms with van der Waals surface area (Å²) in [5, 5.41) is 14.7. The molecule has 6 rings (SSSR count). The molecule has 11 nitrogen and oxygen atoms in total. The Morgan fingerprint density at radius 2 is 1.83 bits per heavy atom.